The van der Waals surface area contributed by atoms with Crippen LogP contribution in [-0.4, -0.2) is 100 Å². The molecule has 6 heterocycles. The number of ether oxygens (including phenoxy) is 1. The van der Waals surface area contributed by atoms with Crippen LogP contribution < -0.4 is 4.90 Å². The van der Waals surface area contributed by atoms with Crippen molar-refractivity contribution in [3.8, 4) is 0 Å². The van der Waals surface area contributed by atoms with Gasteiger partial charge in [0, 0.05) is 38.0 Å². The standard InChI is InChI=1S/C27H29N7O4S/c35-16(14-33-7-9-37-10-8-33)15-34-20-12-28-13-21(36)25(20)24(17-11-29-32-26(17)34)22-5-6-23(38-22)39-27-30-18-3-1-2-4-19(18)31-27/h1-6,11-12,16,20,24-25,35H,7-10,13-15H2,(H,29,32)(H,30,31). The fourth-order valence-electron chi connectivity index (χ4n) is 5.92. The zero-order valence-corrected chi connectivity index (χ0v) is 22.0. The lowest BCUT2D eigenvalue weighted by atomic mass is 9.73. The lowest BCUT2D eigenvalue weighted by molar-refractivity contribution is -0.122. The Kier molecular flexibility index (Phi) is 6.47. The highest BCUT2D eigenvalue weighted by molar-refractivity contribution is 7.99. The van der Waals surface area contributed by atoms with Gasteiger partial charge in [0.25, 0.3) is 0 Å². The topological polar surface area (TPSA) is 136 Å². The molecule has 0 saturated carbocycles. The number of aromatic amines is 2. The van der Waals surface area contributed by atoms with Gasteiger partial charge in [-0.05, 0) is 36.0 Å². The lowest BCUT2D eigenvalue weighted by Gasteiger charge is -2.45. The maximum absolute atomic E-state index is 13.4. The lowest BCUT2D eigenvalue weighted by Crippen LogP contribution is -2.56. The van der Waals surface area contributed by atoms with E-state index in [2.05, 4.69) is 30.1 Å². The van der Waals surface area contributed by atoms with E-state index in [0.717, 1.165) is 40.7 Å². The van der Waals surface area contributed by atoms with Gasteiger partial charge < -0.3 is 24.1 Å². The van der Waals surface area contributed by atoms with Crippen molar-refractivity contribution < 1.29 is 19.1 Å². The van der Waals surface area contributed by atoms with Crippen LogP contribution in [0.1, 0.15) is 17.2 Å². The summed E-state index contributed by atoms with van der Waals surface area (Å²) in [7, 11) is 0. The van der Waals surface area contributed by atoms with Crippen molar-refractivity contribution in [1.29, 1.82) is 0 Å². The molecule has 0 bridgehead atoms. The number of aliphatic imine (C=N–C) groups is 1. The second-order valence-electron chi connectivity index (χ2n) is 10.2. The van der Waals surface area contributed by atoms with Gasteiger partial charge in [-0.2, -0.15) is 5.10 Å². The summed E-state index contributed by atoms with van der Waals surface area (Å²) >= 11 is 1.41. The van der Waals surface area contributed by atoms with Gasteiger partial charge in [0.1, 0.15) is 11.6 Å². The molecule has 1 fully saturated rings. The normalized spacial score (nSPS) is 24.2. The van der Waals surface area contributed by atoms with Crippen molar-refractivity contribution in [2.45, 2.75) is 28.3 Å². The number of anilines is 1. The number of nitrogens with zero attached hydrogens (tertiary/aromatic N) is 5. The Bertz CT molecular complexity index is 1470. The van der Waals surface area contributed by atoms with Gasteiger partial charge in [0.05, 0.1) is 61.0 Å². The minimum Gasteiger partial charge on any atom is -0.454 e. The summed E-state index contributed by atoms with van der Waals surface area (Å²) in [4.78, 5) is 29.9. The number of imidazole rings is 1. The van der Waals surface area contributed by atoms with Crippen LogP contribution in [0.3, 0.4) is 0 Å². The highest BCUT2D eigenvalue weighted by atomic mass is 32.2. The van der Waals surface area contributed by atoms with Crippen LogP contribution in [0.4, 0.5) is 5.82 Å². The number of H-pyrrole nitrogens is 2. The van der Waals surface area contributed by atoms with Gasteiger partial charge in [0.2, 0.25) is 0 Å². The molecule has 11 nitrogen and oxygen atoms in total. The van der Waals surface area contributed by atoms with E-state index in [1.807, 2.05) is 47.5 Å². The first-order valence-electron chi connectivity index (χ1n) is 13.2. The molecule has 39 heavy (non-hydrogen) atoms. The van der Waals surface area contributed by atoms with Crippen LogP contribution >= 0.6 is 11.8 Å². The Balaban J connectivity index is 1.17. The third kappa shape index (κ3) is 4.67. The zero-order chi connectivity index (χ0) is 26.3. The van der Waals surface area contributed by atoms with E-state index in [1.165, 1.54) is 11.8 Å². The maximum Gasteiger partial charge on any atom is 0.174 e. The Morgan fingerprint density at radius 3 is 2.90 bits per heavy atom. The average molecular weight is 548 g/mol. The van der Waals surface area contributed by atoms with E-state index in [9.17, 15) is 9.90 Å². The average Bonchev–Trinajstić information content (AvgIpc) is 3.69. The Morgan fingerprint density at radius 1 is 1.15 bits per heavy atom. The Labute approximate surface area is 228 Å². The number of furan rings is 1. The number of carbonyl (C=O) groups excluding carboxylic acids is 1. The van der Waals surface area contributed by atoms with Gasteiger partial charge in [-0.25, -0.2) is 4.98 Å². The molecule has 0 radical (unpaired) electrons. The molecule has 7 rings (SSSR count). The van der Waals surface area contributed by atoms with Crippen LogP contribution in [0.25, 0.3) is 11.0 Å². The SMILES string of the molecule is O=C1CN=CC2C1C(c1ccc(Sc3nc4ccccc4[nH]3)o1)c1cn[nH]c1N2CC(O)CN1CCOCC1. The molecule has 0 amide bonds. The highest BCUT2D eigenvalue weighted by Gasteiger charge is 2.48. The number of aliphatic hydroxyl groups excluding tert-OH is 1. The number of hydrogen-bond donors (Lipinski definition) is 3. The monoisotopic (exact) mass is 547 g/mol. The van der Waals surface area contributed by atoms with Crippen molar-refractivity contribution in [2.24, 2.45) is 10.9 Å². The number of morpholine rings is 1. The smallest absolute Gasteiger partial charge is 0.174 e. The number of benzene rings is 1. The van der Waals surface area contributed by atoms with Crippen LogP contribution in [-0.2, 0) is 9.53 Å². The fourth-order valence-corrected chi connectivity index (χ4v) is 6.69. The molecule has 4 unspecified atom stereocenters. The first-order chi connectivity index (χ1) is 19.1. The van der Waals surface area contributed by atoms with Gasteiger partial charge in [-0.3, -0.25) is 19.8 Å². The van der Waals surface area contributed by atoms with Crippen molar-refractivity contribution in [3.05, 3.63) is 53.9 Å². The van der Waals surface area contributed by atoms with Crippen LogP contribution in [0.15, 0.2) is 62.3 Å². The van der Waals surface area contributed by atoms with Gasteiger partial charge >= 0.3 is 0 Å². The molecule has 12 heteroatoms. The number of para-hydroxylation sites is 2. The summed E-state index contributed by atoms with van der Waals surface area (Å²) in [6.07, 6.45) is 3.00. The van der Waals surface area contributed by atoms with Crippen molar-refractivity contribution in [1.82, 2.24) is 25.1 Å². The van der Waals surface area contributed by atoms with E-state index >= 15 is 0 Å². The molecular formula is C27H29N7O4S. The summed E-state index contributed by atoms with van der Waals surface area (Å²) < 4.78 is 11.8. The first kappa shape index (κ1) is 24.6. The molecule has 0 aliphatic carbocycles. The second-order valence-corrected chi connectivity index (χ2v) is 11.2. The molecule has 3 N–H and O–H groups in total. The van der Waals surface area contributed by atoms with Crippen LogP contribution in [0.5, 0.6) is 0 Å². The summed E-state index contributed by atoms with van der Waals surface area (Å²) in [5.41, 5.74) is 2.74. The van der Waals surface area contributed by atoms with Gasteiger partial charge in [-0.15, -0.1) is 0 Å². The number of ketones is 1. The number of carbonyl (C=O) groups is 1. The number of hydrogen-bond acceptors (Lipinski definition) is 10. The molecule has 202 valence electrons. The molecule has 3 aromatic heterocycles. The zero-order valence-electron chi connectivity index (χ0n) is 21.2. The van der Waals surface area contributed by atoms with Crippen LogP contribution in [0.2, 0.25) is 0 Å². The maximum atomic E-state index is 13.4. The number of Topliss-reactive ketones (excluding diaryl/α,β-unsaturated/α-hetero) is 1. The number of β-amino-alcohol motifs (C(OH)–C–C–N with tert-alkyl or cyclic N) is 1. The Hall–Kier alpha value is -3.45. The number of aliphatic hydroxyl groups is 1. The molecule has 1 saturated heterocycles. The fraction of sp³-hybridized carbons (Fsp3) is 0.407. The number of fused-ring (bicyclic) bond motifs is 3. The third-order valence-corrected chi connectivity index (χ3v) is 8.49. The summed E-state index contributed by atoms with van der Waals surface area (Å²) in [5.74, 6) is 0.809. The number of rotatable bonds is 7. The quantitative estimate of drug-likeness (QED) is 0.318. The molecule has 3 aliphatic rings. The summed E-state index contributed by atoms with van der Waals surface area (Å²) in [6, 6.07) is 11.4. The summed E-state index contributed by atoms with van der Waals surface area (Å²) in [6.45, 7) is 3.97. The first-order valence-corrected chi connectivity index (χ1v) is 14.0. The predicted molar refractivity (Wildman–Crippen MR) is 146 cm³/mol. The van der Waals surface area contributed by atoms with Crippen molar-refractivity contribution in [3.63, 3.8) is 0 Å². The largest absolute Gasteiger partial charge is 0.454 e. The molecule has 3 aliphatic heterocycles. The van der Waals surface area contributed by atoms with Crippen molar-refractivity contribution >= 4 is 40.6 Å². The van der Waals surface area contributed by atoms with Gasteiger partial charge in [-0.1, -0.05) is 12.1 Å². The summed E-state index contributed by atoms with van der Waals surface area (Å²) in [5, 5.41) is 19.9. The van der Waals surface area contributed by atoms with Gasteiger partial charge in [0.15, 0.2) is 16.0 Å². The minimum absolute atomic E-state index is 0.0508. The van der Waals surface area contributed by atoms with Crippen molar-refractivity contribution in [2.75, 3.05) is 50.8 Å². The Morgan fingerprint density at radius 2 is 2.03 bits per heavy atom. The number of aromatic nitrogens is 4. The third-order valence-electron chi connectivity index (χ3n) is 7.69. The van der Waals surface area contributed by atoms with E-state index < -0.39 is 12.0 Å². The predicted octanol–water partition coefficient (Wildman–Crippen LogP) is 2.31. The van der Waals surface area contributed by atoms with E-state index in [1.54, 1.807) is 6.20 Å². The number of nitrogens with one attached hydrogen (secondary N) is 2. The molecule has 4 aromatic rings. The van der Waals surface area contributed by atoms with E-state index in [4.69, 9.17) is 9.15 Å². The van der Waals surface area contributed by atoms with Crippen LogP contribution in [0, 0.1) is 5.92 Å². The van der Waals surface area contributed by atoms with E-state index in [-0.39, 0.29) is 24.3 Å². The molecule has 4 atom stereocenters. The minimum atomic E-state index is -0.614. The second kappa shape index (κ2) is 10.3. The van der Waals surface area contributed by atoms with E-state index in [0.29, 0.717) is 37.2 Å². The molecular weight excluding hydrogens is 518 g/mol. The molecule has 0 spiro atoms. The highest BCUT2D eigenvalue weighted by Crippen LogP contribution is 2.47. The molecule has 1 aromatic carbocycles.